The van der Waals surface area contributed by atoms with Crippen LogP contribution in [0.25, 0.3) is 0 Å². The van der Waals surface area contributed by atoms with Gasteiger partial charge >= 0.3 is 0 Å². The number of ether oxygens (including phenoxy) is 1. The molecule has 0 amide bonds. The lowest BCUT2D eigenvalue weighted by atomic mass is 9.93. The summed E-state index contributed by atoms with van der Waals surface area (Å²) in [5.41, 5.74) is 3.55. The third kappa shape index (κ3) is 5.57. The number of nitrogens with one attached hydrogen (secondary N) is 1. The lowest BCUT2D eigenvalue weighted by Crippen LogP contribution is -2.27. The van der Waals surface area contributed by atoms with Gasteiger partial charge in [0.15, 0.2) is 5.78 Å². The average Bonchev–Trinajstić information content (AvgIpc) is 3.29. The second-order valence-corrected chi connectivity index (χ2v) is 10.5. The number of Topliss-reactive ketones (excluding diaryl/α,β-unsaturated/α-hetero) is 1. The molecule has 0 saturated heterocycles. The van der Waals surface area contributed by atoms with Crippen LogP contribution in [0.5, 0.6) is 5.75 Å². The minimum atomic E-state index is -0.473. The maximum Gasteiger partial charge on any atom is 0.227 e. The Labute approximate surface area is 233 Å². The third-order valence-electron chi connectivity index (χ3n) is 6.13. The topological polar surface area (TPSA) is 69.0 Å². The zero-order valence-electron chi connectivity index (χ0n) is 20.5. The molecule has 1 aliphatic rings. The van der Waals surface area contributed by atoms with Crippen LogP contribution in [0.3, 0.4) is 0 Å². The van der Waals surface area contributed by atoms with Crippen LogP contribution in [-0.4, -0.2) is 20.5 Å². The lowest BCUT2D eigenvalue weighted by molar-refractivity contribution is -0.114. The van der Waals surface area contributed by atoms with Crippen molar-refractivity contribution < 1.29 is 13.9 Å². The lowest BCUT2D eigenvalue weighted by Gasteiger charge is -2.28. The molecule has 1 unspecified atom stereocenters. The number of carbonyl (C=O) groups is 1. The average molecular weight is 569 g/mol. The number of benzene rings is 3. The molecular weight excluding hydrogens is 546 g/mol. The van der Waals surface area contributed by atoms with Gasteiger partial charge in [0.1, 0.15) is 24.2 Å². The largest absolute Gasteiger partial charge is 0.489 e. The smallest absolute Gasteiger partial charge is 0.227 e. The van der Waals surface area contributed by atoms with Crippen molar-refractivity contribution in [3.8, 4) is 5.75 Å². The van der Waals surface area contributed by atoms with Crippen LogP contribution in [0.1, 0.15) is 36.6 Å². The number of allylic oxidation sites excluding steroid dienone is 2. The summed E-state index contributed by atoms with van der Waals surface area (Å²) in [6, 6.07) is 18.9. The van der Waals surface area contributed by atoms with E-state index in [9.17, 15) is 9.18 Å². The minimum Gasteiger partial charge on any atom is -0.489 e. The van der Waals surface area contributed by atoms with Crippen LogP contribution >= 0.6 is 35.0 Å². The normalized spacial score (nSPS) is 14.7. The van der Waals surface area contributed by atoms with Gasteiger partial charge < -0.3 is 10.1 Å². The Morgan fingerprint density at radius 2 is 1.87 bits per heavy atom. The summed E-state index contributed by atoms with van der Waals surface area (Å²) < 4.78 is 21.7. The maximum absolute atomic E-state index is 14.1. The first-order valence-electron chi connectivity index (χ1n) is 11.8. The maximum atomic E-state index is 14.1. The zero-order chi connectivity index (χ0) is 26.8. The van der Waals surface area contributed by atoms with E-state index in [1.807, 2.05) is 37.3 Å². The minimum absolute atomic E-state index is 0.0700. The van der Waals surface area contributed by atoms with Crippen molar-refractivity contribution in [2.45, 2.75) is 37.4 Å². The molecule has 0 fully saturated rings. The molecule has 3 aromatic carbocycles. The first-order chi connectivity index (χ1) is 18.3. The molecule has 0 bridgehead atoms. The SMILES string of the molecule is CC(=O)C1=C(C)Nc2nc(SCc3ccccc3F)nn2C1c1ccc(OCc2ccc(Cl)cc2Cl)cc1. The highest BCUT2D eigenvalue weighted by molar-refractivity contribution is 7.98. The predicted molar refractivity (Wildman–Crippen MR) is 148 cm³/mol. The highest BCUT2D eigenvalue weighted by Gasteiger charge is 2.32. The van der Waals surface area contributed by atoms with Crippen molar-refractivity contribution >= 4 is 46.7 Å². The molecule has 0 saturated carbocycles. The van der Waals surface area contributed by atoms with Gasteiger partial charge in [0, 0.05) is 32.6 Å². The number of aromatic nitrogens is 3. The molecule has 1 atom stereocenters. The Hall–Kier alpha value is -3.33. The Morgan fingerprint density at radius 1 is 1.11 bits per heavy atom. The van der Waals surface area contributed by atoms with Crippen LogP contribution in [0.15, 0.2) is 83.2 Å². The molecule has 4 aromatic rings. The van der Waals surface area contributed by atoms with Crippen LogP contribution in [0.2, 0.25) is 10.0 Å². The highest BCUT2D eigenvalue weighted by Crippen LogP contribution is 2.37. The molecular formula is C28H23Cl2FN4O2S. The molecule has 38 heavy (non-hydrogen) atoms. The van der Waals surface area contributed by atoms with E-state index in [0.717, 1.165) is 11.1 Å². The summed E-state index contributed by atoms with van der Waals surface area (Å²) in [5.74, 6) is 1.22. The van der Waals surface area contributed by atoms with Gasteiger partial charge in [-0.2, -0.15) is 4.98 Å². The third-order valence-corrected chi connectivity index (χ3v) is 7.61. The first-order valence-corrected chi connectivity index (χ1v) is 13.5. The quantitative estimate of drug-likeness (QED) is 0.222. The fourth-order valence-corrected chi connectivity index (χ4v) is 5.54. The number of halogens is 3. The highest BCUT2D eigenvalue weighted by atomic mass is 35.5. The second-order valence-electron chi connectivity index (χ2n) is 8.76. The molecule has 0 radical (unpaired) electrons. The van der Waals surface area contributed by atoms with Crippen LogP contribution in [-0.2, 0) is 17.2 Å². The monoisotopic (exact) mass is 568 g/mol. The molecule has 10 heteroatoms. The number of thioether (sulfide) groups is 1. The Balaban J connectivity index is 1.38. The van der Waals surface area contributed by atoms with E-state index in [1.165, 1.54) is 24.8 Å². The first kappa shape index (κ1) is 26.3. The summed E-state index contributed by atoms with van der Waals surface area (Å²) in [6.07, 6.45) is 0. The van der Waals surface area contributed by atoms with Crippen molar-refractivity contribution in [2.75, 3.05) is 5.32 Å². The Kier molecular flexibility index (Phi) is 7.74. The number of carbonyl (C=O) groups excluding carboxylic acids is 1. The number of fused-ring (bicyclic) bond motifs is 1. The van der Waals surface area contributed by atoms with Gasteiger partial charge in [-0.3, -0.25) is 4.79 Å². The summed E-state index contributed by atoms with van der Waals surface area (Å²) in [5, 5.41) is 9.46. The number of rotatable bonds is 8. The van der Waals surface area contributed by atoms with Gasteiger partial charge in [-0.15, -0.1) is 5.10 Å². The van der Waals surface area contributed by atoms with E-state index in [4.69, 9.17) is 27.9 Å². The fourth-order valence-electron chi connectivity index (χ4n) is 4.26. The van der Waals surface area contributed by atoms with Gasteiger partial charge in [-0.05, 0) is 55.3 Å². The molecule has 1 N–H and O–H groups in total. The van der Waals surface area contributed by atoms with E-state index >= 15 is 0 Å². The zero-order valence-corrected chi connectivity index (χ0v) is 22.9. The van der Waals surface area contributed by atoms with E-state index < -0.39 is 6.04 Å². The van der Waals surface area contributed by atoms with E-state index in [1.54, 1.807) is 35.0 Å². The van der Waals surface area contributed by atoms with Gasteiger partial charge in [-0.25, -0.2) is 9.07 Å². The van der Waals surface area contributed by atoms with E-state index in [0.29, 0.717) is 49.5 Å². The molecule has 0 spiro atoms. The van der Waals surface area contributed by atoms with Crippen molar-refractivity contribution in [1.29, 1.82) is 0 Å². The van der Waals surface area contributed by atoms with Crippen molar-refractivity contribution in [3.63, 3.8) is 0 Å². The van der Waals surface area contributed by atoms with Crippen molar-refractivity contribution in [3.05, 3.63) is 111 Å². The predicted octanol–water partition coefficient (Wildman–Crippen LogP) is 7.47. The molecule has 5 rings (SSSR count). The number of nitrogens with zero attached hydrogens (tertiary/aromatic N) is 3. The Morgan fingerprint density at radius 3 is 2.58 bits per heavy atom. The van der Waals surface area contributed by atoms with Crippen LogP contribution in [0, 0.1) is 5.82 Å². The standard InChI is InChI=1S/C28H23Cl2FN4O2S/c1-16-25(17(2)36)26(18-8-11-22(12-9-18)37-14-19-7-10-21(29)13-23(19)30)35-27(32-16)33-28(34-35)38-15-20-5-3-4-6-24(20)31/h3-13,26H,14-15H2,1-2H3,(H,32,33,34). The van der Waals surface area contributed by atoms with Gasteiger partial charge in [0.25, 0.3) is 0 Å². The summed E-state index contributed by atoms with van der Waals surface area (Å²) in [7, 11) is 0. The van der Waals surface area contributed by atoms with Crippen LogP contribution < -0.4 is 10.1 Å². The fraction of sp³-hybridized carbons (Fsp3) is 0.179. The number of anilines is 1. The summed E-state index contributed by atoms with van der Waals surface area (Å²) in [6.45, 7) is 3.67. The molecule has 194 valence electrons. The number of hydrogen-bond donors (Lipinski definition) is 1. The molecule has 1 aromatic heterocycles. The van der Waals surface area contributed by atoms with E-state index in [-0.39, 0.29) is 18.2 Å². The van der Waals surface area contributed by atoms with Gasteiger partial charge in [0.2, 0.25) is 11.1 Å². The van der Waals surface area contributed by atoms with Crippen LogP contribution in [0.4, 0.5) is 10.3 Å². The summed E-state index contributed by atoms with van der Waals surface area (Å²) >= 11 is 13.6. The number of ketones is 1. The number of hydrogen-bond acceptors (Lipinski definition) is 6. The molecule has 0 aliphatic carbocycles. The molecule has 2 heterocycles. The van der Waals surface area contributed by atoms with E-state index in [2.05, 4.69) is 15.4 Å². The Bertz CT molecular complexity index is 1540. The molecule has 1 aliphatic heterocycles. The van der Waals surface area contributed by atoms with Crippen molar-refractivity contribution in [1.82, 2.24) is 14.8 Å². The van der Waals surface area contributed by atoms with Gasteiger partial charge in [0.05, 0.1) is 0 Å². The summed E-state index contributed by atoms with van der Waals surface area (Å²) in [4.78, 5) is 17.3. The van der Waals surface area contributed by atoms with Crippen molar-refractivity contribution in [2.24, 2.45) is 0 Å². The van der Waals surface area contributed by atoms with Gasteiger partial charge in [-0.1, -0.05) is 71.4 Å². The second kappa shape index (κ2) is 11.2. The molecule has 6 nitrogen and oxygen atoms in total.